The van der Waals surface area contributed by atoms with Crippen LogP contribution in [0.3, 0.4) is 0 Å². The van der Waals surface area contributed by atoms with E-state index < -0.39 is 11.9 Å². The van der Waals surface area contributed by atoms with Gasteiger partial charge in [0.05, 0.1) is 7.11 Å². The second kappa shape index (κ2) is 11.5. The van der Waals surface area contributed by atoms with Crippen LogP contribution >= 0.6 is 23.4 Å². The first-order valence-electron chi connectivity index (χ1n) is 11.6. The van der Waals surface area contributed by atoms with Crippen molar-refractivity contribution in [1.29, 1.82) is 0 Å². The van der Waals surface area contributed by atoms with Crippen molar-refractivity contribution in [2.75, 3.05) is 12.5 Å². The highest BCUT2D eigenvalue weighted by Crippen LogP contribution is 2.35. The zero-order valence-corrected chi connectivity index (χ0v) is 22.3. The number of anilines is 1. The molecule has 0 unspecified atom stereocenters. The summed E-state index contributed by atoms with van der Waals surface area (Å²) in [6.07, 6.45) is 0. The van der Waals surface area contributed by atoms with Gasteiger partial charge in [-0.1, -0.05) is 47.5 Å². The van der Waals surface area contributed by atoms with Gasteiger partial charge in [0.1, 0.15) is 0 Å². The Balaban J connectivity index is 1.43. The molecule has 5 aromatic rings. The Morgan fingerprint density at radius 2 is 1.49 bits per heavy atom. The number of amides is 1. The third-order valence-electron chi connectivity index (χ3n) is 5.45. The molecule has 2 N–H and O–H groups in total. The lowest BCUT2D eigenvalue weighted by molar-refractivity contribution is 0.0594. The van der Waals surface area contributed by atoms with E-state index in [9.17, 15) is 9.59 Å². The van der Waals surface area contributed by atoms with Crippen LogP contribution in [0.25, 0.3) is 22.9 Å². The number of hydrogen-bond acceptors (Lipinski definition) is 9. The minimum Gasteiger partial charge on any atom is -0.464 e. The zero-order valence-electron chi connectivity index (χ0n) is 20.7. The average Bonchev–Trinajstić information content (AvgIpc) is 3.58. The Kier molecular flexibility index (Phi) is 7.67. The highest BCUT2D eigenvalue weighted by Gasteiger charge is 2.25. The summed E-state index contributed by atoms with van der Waals surface area (Å²) in [7, 11) is 1.23. The molecule has 11 heteroatoms. The van der Waals surface area contributed by atoms with Crippen LogP contribution in [-0.4, -0.2) is 29.0 Å². The lowest BCUT2D eigenvalue weighted by Gasteiger charge is -2.06. The van der Waals surface area contributed by atoms with Crippen molar-refractivity contribution < 1.29 is 23.2 Å². The molecule has 5 rings (SSSR count). The van der Waals surface area contributed by atoms with Crippen molar-refractivity contribution in [3.8, 4) is 22.9 Å². The molecule has 3 aromatic carbocycles. The SMILES string of the molecule is COC(=O)c1nc(-c2ccccc2)oc1NNC(=O)c1nc(-c2ccc(C)cc2)oc1Sc1ccc(Cl)cc1. The molecule has 0 saturated carbocycles. The lowest BCUT2D eigenvalue weighted by Crippen LogP contribution is -2.30. The molecule has 0 aliphatic rings. The first-order chi connectivity index (χ1) is 18.9. The van der Waals surface area contributed by atoms with Crippen molar-refractivity contribution in [1.82, 2.24) is 15.4 Å². The first-order valence-corrected chi connectivity index (χ1v) is 12.8. The van der Waals surface area contributed by atoms with Crippen molar-refractivity contribution >= 4 is 41.1 Å². The Bertz CT molecular complexity index is 1620. The molecular formula is C28H21ClN4O5S. The molecule has 0 fully saturated rings. The van der Waals surface area contributed by atoms with E-state index in [-0.39, 0.29) is 34.1 Å². The molecule has 0 saturated heterocycles. The number of aromatic nitrogens is 2. The van der Waals surface area contributed by atoms with E-state index in [1.807, 2.05) is 61.5 Å². The summed E-state index contributed by atoms with van der Waals surface area (Å²) in [6, 6.07) is 23.7. The molecular weight excluding hydrogens is 540 g/mol. The number of methoxy groups -OCH3 is 1. The molecule has 0 atom stereocenters. The van der Waals surface area contributed by atoms with E-state index in [0.29, 0.717) is 16.1 Å². The number of esters is 1. The Morgan fingerprint density at radius 3 is 2.18 bits per heavy atom. The van der Waals surface area contributed by atoms with Crippen LogP contribution in [0.4, 0.5) is 5.88 Å². The number of carbonyl (C=O) groups excluding carboxylic acids is 2. The van der Waals surface area contributed by atoms with Gasteiger partial charge in [-0.15, -0.1) is 0 Å². The van der Waals surface area contributed by atoms with E-state index in [0.717, 1.165) is 10.5 Å². The minimum absolute atomic E-state index is 0.0282. The number of aryl methyl sites for hydroxylation is 1. The number of nitrogens with one attached hydrogen (secondary N) is 2. The molecule has 39 heavy (non-hydrogen) atoms. The molecule has 0 aliphatic carbocycles. The Morgan fingerprint density at radius 1 is 0.846 bits per heavy atom. The summed E-state index contributed by atoms with van der Waals surface area (Å²) in [5.41, 5.74) is 7.48. The fraction of sp³-hybridized carbons (Fsp3) is 0.0714. The summed E-state index contributed by atoms with van der Waals surface area (Å²) < 4.78 is 16.6. The quantitative estimate of drug-likeness (QED) is 0.159. The number of halogens is 1. The number of carbonyl (C=O) groups is 2. The highest BCUT2D eigenvalue weighted by atomic mass is 35.5. The van der Waals surface area contributed by atoms with Crippen LogP contribution < -0.4 is 10.9 Å². The number of nitrogens with zero attached hydrogens (tertiary/aromatic N) is 2. The minimum atomic E-state index is -0.736. The number of ether oxygens (including phenoxy) is 1. The zero-order chi connectivity index (χ0) is 27.4. The average molecular weight is 561 g/mol. The highest BCUT2D eigenvalue weighted by molar-refractivity contribution is 7.99. The number of hydrazine groups is 1. The smallest absolute Gasteiger partial charge is 0.362 e. The number of oxazole rings is 2. The molecule has 2 heterocycles. The summed E-state index contributed by atoms with van der Waals surface area (Å²) in [6.45, 7) is 1.97. The van der Waals surface area contributed by atoms with E-state index >= 15 is 0 Å². The van der Waals surface area contributed by atoms with E-state index in [2.05, 4.69) is 20.8 Å². The Hall–Kier alpha value is -4.54. The third kappa shape index (κ3) is 5.97. The van der Waals surface area contributed by atoms with Gasteiger partial charge in [-0.3, -0.25) is 15.6 Å². The van der Waals surface area contributed by atoms with Gasteiger partial charge >= 0.3 is 5.97 Å². The molecule has 0 bridgehead atoms. The van der Waals surface area contributed by atoms with Crippen molar-refractivity contribution in [2.45, 2.75) is 16.9 Å². The van der Waals surface area contributed by atoms with Crippen LogP contribution in [0.15, 0.2) is 97.7 Å². The van der Waals surface area contributed by atoms with Gasteiger partial charge in [-0.2, -0.15) is 4.98 Å². The molecule has 9 nitrogen and oxygen atoms in total. The molecule has 0 spiro atoms. The Labute approximate surface area is 232 Å². The largest absolute Gasteiger partial charge is 0.464 e. The van der Waals surface area contributed by atoms with E-state index in [4.69, 9.17) is 25.2 Å². The first kappa shape index (κ1) is 26.1. The fourth-order valence-electron chi connectivity index (χ4n) is 3.46. The van der Waals surface area contributed by atoms with Crippen molar-refractivity contribution in [2.24, 2.45) is 0 Å². The van der Waals surface area contributed by atoms with Gasteiger partial charge in [-0.05, 0) is 67.2 Å². The number of benzene rings is 3. The summed E-state index contributed by atoms with van der Waals surface area (Å²) in [5, 5.41) is 0.853. The van der Waals surface area contributed by atoms with Crippen LogP contribution in [0, 0.1) is 6.92 Å². The topological polar surface area (TPSA) is 119 Å². The molecule has 2 aromatic heterocycles. The van der Waals surface area contributed by atoms with Crippen LogP contribution in [0.1, 0.15) is 26.5 Å². The summed E-state index contributed by atoms with van der Waals surface area (Å²) in [5.74, 6) is -1.00. The molecule has 0 aliphatic heterocycles. The monoisotopic (exact) mass is 560 g/mol. The number of rotatable bonds is 8. The fourth-order valence-corrected chi connectivity index (χ4v) is 4.43. The van der Waals surface area contributed by atoms with Gasteiger partial charge in [-0.25, -0.2) is 9.78 Å². The van der Waals surface area contributed by atoms with Gasteiger partial charge in [0, 0.05) is 21.0 Å². The maximum absolute atomic E-state index is 13.3. The predicted molar refractivity (Wildman–Crippen MR) is 147 cm³/mol. The van der Waals surface area contributed by atoms with Crippen LogP contribution in [-0.2, 0) is 4.74 Å². The second-order valence-corrected chi connectivity index (χ2v) is 9.69. The molecule has 0 radical (unpaired) electrons. The predicted octanol–water partition coefficient (Wildman–Crippen LogP) is 6.65. The number of hydrogen-bond donors (Lipinski definition) is 2. The van der Waals surface area contributed by atoms with Crippen molar-refractivity contribution in [3.05, 3.63) is 101 Å². The van der Waals surface area contributed by atoms with E-state index in [1.165, 1.54) is 18.9 Å². The van der Waals surface area contributed by atoms with Gasteiger partial charge in [0.2, 0.25) is 23.4 Å². The van der Waals surface area contributed by atoms with E-state index in [1.54, 1.807) is 24.3 Å². The molecule has 1 amide bonds. The molecule has 196 valence electrons. The second-order valence-electron chi connectivity index (χ2n) is 8.21. The lowest BCUT2D eigenvalue weighted by atomic mass is 10.1. The standard InChI is InChI=1S/C28H21ClN4O5S/c1-16-8-10-18(11-9-16)25-30-21(28(38-25)39-20-14-12-19(29)13-15-20)23(34)32-33-26-22(27(35)36-2)31-24(37-26)17-6-4-3-5-7-17/h3-15,33H,1-2H3,(H,32,34). The summed E-state index contributed by atoms with van der Waals surface area (Å²) >= 11 is 7.23. The van der Waals surface area contributed by atoms with Gasteiger partial charge < -0.3 is 13.6 Å². The van der Waals surface area contributed by atoms with Crippen molar-refractivity contribution in [3.63, 3.8) is 0 Å². The van der Waals surface area contributed by atoms with Gasteiger partial charge in [0.25, 0.3) is 5.91 Å². The van der Waals surface area contributed by atoms with Crippen LogP contribution in [0.2, 0.25) is 5.02 Å². The normalized spacial score (nSPS) is 10.7. The third-order valence-corrected chi connectivity index (χ3v) is 6.67. The maximum Gasteiger partial charge on any atom is 0.362 e. The summed E-state index contributed by atoms with van der Waals surface area (Å²) in [4.78, 5) is 35.1. The maximum atomic E-state index is 13.3. The van der Waals surface area contributed by atoms with Gasteiger partial charge in [0.15, 0.2) is 10.8 Å². The van der Waals surface area contributed by atoms with Crippen LogP contribution in [0.5, 0.6) is 0 Å².